The van der Waals surface area contributed by atoms with Gasteiger partial charge in [-0.15, -0.1) is 0 Å². The van der Waals surface area contributed by atoms with Crippen molar-refractivity contribution in [2.24, 2.45) is 0 Å². The molecule has 0 atom stereocenters. The first-order valence-corrected chi connectivity index (χ1v) is 9.76. The summed E-state index contributed by atoms with van der Waals surface area (Å²) >= 11 is 0. The van der Waals surface area contributed by atoms with Gasteiger partial charge in [0.15, 0.2) is 5.69 Å². The third kappa shape index (κ3) is 4.20. The molecule has 154 valence electrons. The van der Waals surface area contributed by atoms with E-state index in [1.807, 2.05) is 37.3 Å². The van der Waals surface area contributed by atoms with Gasteiger partial charge in [0.1, 0.15) is 0 Å². The Hall–Kier alpha value is -4.26. The summed E-state index contributed by atoms with van der Waals surface area (Å²) in [5.74, 6) is -0.970. The molecule has 0 unspecified atom stereocenters. The van der Waals surface area contributed by atoms with Crippen molar-refractivity contribution in [3.63, 3.8) is 0 Å². The van der Waals surface area contributed by atoms with E-state index in [-0.39, 0.29) is 23.6 Å². The third-order valence-electron chi connectivity index (χ3n) is 4.95. The lowest BCUT2D eigenvalue weighted by molar-refractivity contribution is -0.121. The number of carbonyl (C=O) groups excluding carboxylic acids is 2. The molecule has 0 bridgehead atoms. The Labute approximate surface area is 178 Å². The van der Waals surface area contributed by atoms with Crippen molar-refractivity contribution in [3.8, 4) is 5.69 Å². The first-order chi connectivity index (χ1) is 15.0. The number of aryl methyl sites for hydroxylation is 1. The average Bonchev–Trinajstić information content (AvgIpc) is 2.80. The predicted molar refractivity (Wildman–Crippen MR) is 118 cm³/mol. The van der Waals surface area contributed by atoms with Crippen LogP contribution < -0.4 is 16.4 Å². The highest BCUT2D eigenvalue weighted by Crippen LogP contribution is 2.15. The fraction of sp³-hybridized carbons (Fsp3) is 0.0833. The molecule has 0 spiro atoms. The van der Waals surface area contributed by atoms with Crippen LogP contribution in [0.4, 0.5) is 0 Å². The molecular weight excluding hydrogens is 392 g/mol. The van der Waals surface area contributed by atoms with E-state index in [0.29, 0.717) is 16.5 Å². The highest BCUT2D eigenvalue weighted by Gasteiger charge is 2.18. The zero-order valence-corrected chi connectivity index (χ0v) is 16.8. The van der Waals surface area contributed by atoms with E-state index in [2.05, 4.69) is 16.0 Å². The normalized spacial score (nSPS) is 10.6. The summed E-state index contributed by atoms with van der Waals surface area (Å²) in [6, 6.07) is 23.1. The van der Waals surface area contributed by atoms with Crippen LogP contribution in [0.3, 0.4) is 0 Å². The molecule has 0 saturated heterocycles. The number of carbonyl (C=O) groups is 2. The minimum absolute atomic E-state index is 0.0373. The maximum Gasteiger partial charge on any atom is 0.290 e. The van der Waals surface area contributed by atoms with E-state index in [1.165, 1.54) is 4.68 Å². The van der Waals surface area contributed by atoms with E-state index >= 15 is 0 Å². The smallest absolute Gasteiger partial charge is 0.273 e. The monoisotopic (exact) mass is 412 g/mol. The molecule has 4 rings (SSSR count). The van der Waals surface area contributed by atoms with Crippen molar-refractivity contribution >= 4 is 22.6 Å². The molecule has 7 nitrogen and oxygen atoms in total. The van der Waals surface area contributed by atoms with Crippen molar-refractivity contribution in [1.29, 1.82) is 0 Å². The summed E-state index contributed by atoms with van der Waals surface area (Å²) < 4.78 is 1.19. The maximum atomic E-state index is 12.9. The fourth-order valence-corrected chi connectivity index (χ4v) is 3.31. The largest absolute Gasteiger partial charge is 0.290 e. The molecule has 0 fully saturated rings. The molecule has 0 aliphatic rings. The molecule has 3 aromatic carbocycles. The molecule has 31 heavy (non-hydrogen) atoms. The van der Waals surface area contributed by atoms with Crippen LogP contribution >= 0.6 is 0 Å². The predicted octanol–water partition coefficient (Wildman–Crippen LogP) is 2.70. The van der Waals surface area contributed by atoms with Crippen molar-refractivity contribution in [2.45, 2.75) is 13.3 Å². The third-order valence-corrected chi connectivity index (χ3v) is 4.95. The second-order valence-corrected chi connectivity index (χ2v) is 7.05. The minimum Gasteiger partial charge on any atom is -0.273 e. The second kappa shape index (κ2) is 8.62. The minimum atomic E-state index is -0.612. The Bertz CT molecular complexity index is 1330. The van der Waals surface area contributed by atoms with Gasteiger partial charge in [-0.05, 0) is 36.2 Å². The first kappa shape index (κ1) is 20.0. The zero-order chi connectivity index (χ0) is 21.8. The first-order valence-electron chi connectivity index (χ1n) is 9.76. The van der Waals surface area contributed by atoms with Gasteiger partial charge in [0.25, 0.3) is 11.5 Å². The van der Waals surface area contributed by atoms with Crippen molar-refractivity contribution in [1.82, 2.24) is 20.6 Å². The highest BCUT2D eigenvalue weighted by atomic mass is 16.2. The number of fused-ring (bicyclic) bond motifs is 1. The second-order valence-electron chi connectivity index (χ2n) is 7.05. The summed E-state index contributed by atoms with van der Waals surface area (Å²) in [7, 11) is 0. The molecule has 1 aromatic heterocycles. The van der Waals surface area contributed by atoms with Gasteiger partial charge in [0.05, 0.1) is 17.5 Å². The van der Waals surface area contributed by atoms with Gasteiger partial charge >= 0.3 is 0 Å². The van der Waals surface area contributed by atoms with Crippen LogP contribution in [0.25, 0.3) is 16.5 Å². The quantitative estimate of drug-likeness (QED) is 0.504. The zero-order valence-electron chi connectivity index (χ0n) is 16.8. The molecule has 1 heterocycles. The summed E-state index contributed by atoms with van der Waals surface area (Å²) in [4.78, 5) is 38.1. The highest BCUT2D eigenvalue weighted by molar-refractivity contribution is 6.05. The van der Waals surface area contributed by atoms with Gasteiger partial charge in [-0.1, -0.05) is 60.7 Å². The molecule has 7 heteroatoms. The van der Waals surface area contributed by atoms with Crippen LogP contribution in [0, 0.1) is 6.92 Å². The maximum absolute atomic E-state index is 12.9. The van der Waals surface area contributed by atoms with Gasteiger partial charge in [-0.25, -0.2) is 0 Å². The summed E-state index contributed by atoms with van der Waals surface area (Å²) in [6.45, 7) is 1.92. The van der Waals surface area contributed by atoms with Crippen LogP contribution in [0.5, 0.6) is 0 Å². The molecule has 0 aliphatic heterocycles. The Morgan fingerprint density at radius 1 is 0.839 bits per heavy atom. The van der Waals surface area contributed by atoms with Crippen molar-refractivity contribution in [3.05, 3.63) is 106 Å². The summed E-state index contributed by atoms with van der Waals surface area (Å²) in [6.07, 6.45) is 0.130. The van der Waals surface area contributed by atoms with E-state index in [4.69, 9.17) is 0 Å². The van der Waals surface area contributed by atoms with Gasteiger partial charge in [-0.2, -0.15) is 9.78 Å². The van der Waals surface area contributed by atoms with E-state index < -0.39 is 5.91 Å². The molecule has 0 radical (unpaired) electrons. The number of nitrogens with zero attached hydrogens (tertiary/aromatic N) is 2. The Morgan fingerprint density at radius 2 is 1.48 bits per heavy atom. The lowest BCUT2D eigenvalue weighted by Gasteiger charge is -2.12. The number of hydrazine groups is 1. The molecule has 4 aromatic rings. The van der Waals surface area contributed by atoms with Gasteiger partial charge in [-0.3, -0.25) is 25.2 Å². The Morgan fingerprint density at radius 3 is 2.23 bits per heavy atom. The van der Waals surface area contributed by atoms with Crippen LogP contribution in [0.2, 0.25) is 0 Å². The molecular formula is C24H20N4O3. The molecule has 2 amide bonds. The van der Waals surface area contributed by atoms with Crippen molar-refractivity contribution < 1.29 is 9.59 Å². The standard InChI is InChI=1S/C24H20N4O3/c1-16-9-5-6-10-17(16)15-21(29)25-26-23(30)22-19-13-7-8-14-20(19)24(31)28(27-22)18-11-3-2-4-12-18/h2-14H,15H2,1H3,(H,25,29)(H,26,30). The number of aromatic nitrogens is 2. The number of nitrogens with one attached hydrogen (secondary N) is 2. The topological polar surface area (TPSA) is 93.1 Å². The number of para-hydroxylation sites is 1. The van der Waals surface area contributed by atoms with Gasteiger partial charge in [0, 0.05) is 5.39 Å². The summed E-state index contributed by atoms with van der Waals surface area (Å²) in [5, 5.41) is 5.05. The van der Waals surface area contributed by atoms with Crippen LogP contribution in [-0.4, -0.2) is 21.6 Å². The Kier molecular flexibility index (Phi) is 5.57. The van der Waals surface area contributed by atoms with Crippen LogP contribution in [0.15, 0.2) is 83.7 Å². The number of rotatable bonds is 4. The van der Waals surface area contributed by atoms with Crippen molar-refractivity contribution in [2.75, 3.05) is 0 Å². The van der Waals surface area contributed by atoms with E-state index in [1.54, 1.807) is 48.5 Å². The lowest BCUT2D eigenvalue weighted by Crippen LogP contribution is -2.43. The SMILES string of the molecule is Cc1ccccc1CC(=O)NNC(=O)c1nn(-c2ccccc2)c(=O)c2ccccc12. The molecule has 0 saturated carbocycles. The molecule has 0 aliphatic carbocycles. The number of hydrogen-bond donors (Lipinski definition) is 2. The van der Waals surface area contributed by atoms with Gasteiger partial charge in [0.2, 0.25) is 5.91 Å². The summed E-state index contributed by atoms with van der Waals surface area (Å²) in [5.41, 5.74) is 6.95. The number of hydrogen-bond acceptors (Lipinski definition) is 4. The van der Waals surface area contributed by atoms with E-state index in [9.17, 15) is 14.4 Å². The number of amides is 2. The fourth-order valence-electron chi connectivity index (χ4n) is 3.31. The average molecular weight is 412 g/mol. The van der Waals surface area contributed by atoms with Gasteiger partial charge < -0.3 is 0 Å². The van der Waals surface area contributed by atoms with Crippen LogP contribution in [-0.2, 0) is 11.2 Å². The van der Waals surface area contributed by atoms with Crippen LogP contribution in [0.1, 0.15) is 21.6 Å². The lowest BCUT2D eigenvalue weighted by atomic mass is 10.1. The number of benzene rings is 3. The Balaban J connectivity index is 1.62. The van der Waals surface area contributed by atoms with E-state index in [0.717, 1.165) is 11.1 Å². The molecule has 2 N–H and O–H groups in total.